The molecule has 0 aromatic heterocycles. The van der Waals surface area contributed by atoms with Crippen LogP contribution < -0.4 is 10.0 Å². The van der Waals surface area contributed by atoms with Crippen molar-refractivity contribution in [2.75, 3.05) is 16.3 Å². The van der Waals surface area contributed by atoms with Crippen molar-refractivity contribution in [3.63, 3.8) is 0 Å². The highest BCUT2D eigenvalue weighted by Crippen LogP contribution is 2.28. The van der Waals surface area contributed by atoms with Crippen molar-refractivity contribution < 1.29 is 13.2 Å². The van der Waals surface area contributed by atoms with Gasteiger partial charge in [-0.1, -0.05) is 27.7 Å². The summed E-state index contributed by atoms with van der Waals surface area (Å²) in [7, 11) is -3.28. The smallest absolute Gasteiger partial charge is 0.230 e. The van der Waals surface area contributed by atoms with Gasteiger partial charge in [-0.2, -0.15) is 0 Å². The number of hydrogen-bond acceptors (Lipinski definition) is 3. The van der Waals surface area contributed by atoms with Crippen molar-refractivity contribution in [3.8, 4) is 0 Å². The van der Waals surface area contributed by atoms with Gasteiger partial charge in [-0.15, -0.1) is 0 Å². The summed E-state index contributed by atoms with van der Waals surface area (Å²) in [5.74, 6) is 0.157. The van der Waals surface area contributed by atoms with Crippen LogP contribution in [0.15, 0.2) is 24.3 Å². The van der Waals surface area contributed by atoms with Crippen LogP contribution in [-0.4, -0.2) is 20.6 Å². The fourth-order valence-corrected chi connectivity index (χ4v) is 1.95. The Balaban J connectivity index is 2.78. The molecule has 0 heterocycles. The third-order valence-corrected chi connectivity index (χ3v) is 4.08. The summed E-state index contributed by atoms with van der Waals surface area (Å²) in [4.78, 5) is 12.2. The Labute approximate surface area is 120 Å². The SMILES string of the molecule is CC(C)C(C)(C)C(=O)Nc1ccc(NS(C)(=O)=O)cc1. The molecule has 5 nitrogen and oxygen atoms in total. The van der Waals surface area contributed by atoms with E-state index in [4.69, 9.17) is 0 Å². The zero-order chi connectivity index (χ0) is 15.6. The Bertz CT molecular complexity index is 575. The van der Waals surface area contributed by atoms with Crippen molar-refractivity contribution >= 4 is 27.3 Å². The molecule has 1 amide bonds. The molecular weight excluding hydrogens is 276 g/mol. The zero-order valence-electron chi connectivity index (χ0n) is 12.5. The summed E-state index contributed by atoms with van der Waals surface area (Å²) < 4.78 is 24.5. The van der Waals surface area contributed by atoms with Crippen LogP contribution in [0, 0.1) is 11.3 Å². The lowest BCUT2D eigenvalue weighted by Crippen LogP contribution is -2.35. The number of hydrogen-bond donors (Lipinski definition) is 2. The number of rotatable bonds is 5. The lowest BCUT2D eigenvalue weighted by atomic mass is 9.80. The fourth-order valence-electron chi connectivity index (χ4n) is 1.39. The fraction of sp³-hybridized carbons (Fsp3) is 0.500. The normalized spacial score (nSPS) is 12.3. The van der Waals surface area contributed by atoms with Crippen molar-refractivity contribution in [1.29, 1.82) is 0 Å². The highest BCUT2D eigenvalue weighted by atomic mass is 32.2. The van der Waals surface area contributed by atoms with E-state index in [1.54, 1.807) is 24.3 Å². The predicted octanol–water partition coefficient (Wildman–Crippen LogP) is 2.68. The van der Waals surface area contributed by atoms with E-state index in [-0.39, 0.29) is 11.8 Å². The van der Waals surface area contributed by atoms with E-state index in [2.05, 4.69) is 10.0 Å². The summed E-state index contributed by atoms with van der Waals surface area (Å²) in [6.45, 7) is 7.79. The molecule has 0 saturated carbocycles. The van der Waals surface area contributed by atoms with Gasteiger partial charge >= 0.3 is 0 Å². The molecule has 0 bridgehead atoms. The minimum absolute atomic E-state index is 0.0590. The molecule has 1 aromatic carbocycles. The standard InChI is InChI=1S/C14H22N2O3S/c1-10(2)14(3,4)13(17)15-11-6-8-12(9-7-11)16-20(5,18)19/h6-10,16H,1-5H3,(H,15,17). The van der Waals surface area contributed by atoms with E-state index in [1.807, 2.05) is 27.7 Å². The van der Waals surface area contributed by atoms with Gasteiger partial charge in [0, 0.05) is 16.8 Å². The van der Waals surface area contributed by atoms with E-state index in [1.165, 1.54) is 0 Å². The second kappa shape index (κ2) is 5.83. The van der Waals surface area contributed by atoms with E-state index >= 15 is 0 Å². The van der Waals surface area contributed by atoms with Crippen molar-refractivity contribution in [2.45, 2.75) is 27.7 Å². The van der Waals surface area contributed by atoms with Gasteiger partial charge in [0.1, 0.15) is 0 Å². The van der Waals surface area contributed by atoms with Crippen LogP contribution in [0.25, 0.3) is 0 Å². The number of nitrogens with one attached hydrogen (secondary N) is 2. The molecule has 1 aromatic rings. The summed E-state index contributed by atoms with van der Waals surface area (Å²) in [6, 6.07) is 6.56. The molecule has 20 heavy (non-hydrogen) atoms. The van der Waals surface area contributed by atoms with E-state index in [0.29, 0.717) is 11.4 Å². The van der Waals surface area contributed by atoms with Crippen molar-refractivity contribution in [2.24, 2.45) is 11.3 Å². The Morgan fingerprint density at radius 1 is 1.10 bits per heavy atom. The molecule has 0 aliphatic rings. The Morgan fingerprint density at radius 2 is 1.55 bits per heavy atom. The first-order chi connectivity index (χ1) is 9.02. The molecule has 0 atom stereocenters. The third kappa shape index (κ3) is 4.52. The van der Waals surface area contributed by atoms with Crippen LogP contribution in [0.1, 0.15) is 27.7 Å². The average Bonchev–Trinajstić information content (AvgIpc) is 2.29. The first kappa shape index (κ1) is 16.5. The van der Waals surface area contributed by atoms with Crippen LogP contribution in [0.2, 0.25) is 0 Å². The van der Waals surface area contributed by atoms with Crippen LogP contribution in [-0.2, 0) is 14.8 Å². The second-order valence-corrected chi connectivity index (χ2v) is 7.53. The minimum atomic E-state index is -3.28. The number of amides is 1. The van der Waals surface area contributed by atoms with E-state index in [9.17, 15) is 13.2 Å². The molecule has 112 valence electrons. The molecule has 0 saturated heterocycles. The van der Waals surface area contributed by atoms with Crippen LogP contribution in [0.3, 0.4) is 0 Å². The maximum atomic E-state index is 12.2. The number of carbonyl (C=O) groups excluding carboxylic acids is 1. The highest BCUT2D eigenvalue weighted by Gasteiger charge is 2.31. The quantitative estimate of drug-likeness (QED) is 0.877. The minimum Gasteiger partial charge on any atom is -0.326 e. The van der Waals surface area contributed by atoms with Crippen molar-refractivity contribution in [1.82, 2.24) is 0 Å². The lowest BCUT2D eigenvalue weighted by molar-refractivity contribution is -0.125. The molecule has 0 radical (unpaired) electrons. The largest absolute Gasteiger partial charge is 0.326 e. The topological polar surface area (TPSA) is 75.3 Å². The first-order valence-corrected chi connectivity index (χ1v) is 8.31. The summed E-state index contributed by atoms with van der Waals surface area (Å²) in [5, 5.41) is 2.84. The van der Waals surface area contributed by atoms with Gasteiger partial charge in [0.25, 0.3) is 0 Å². The monoisotopic (exact) mass is 298 g/mol. The summed E-state index contributed by atoms with van der Waals surface area (Å²) in [6.07, 6.45) is 1.09. The van der Waals surface area contributed by atoms with Gasteiger partial charge in [-0.25, -0.2) is 8.42 Å². The number of carbonyl (C=O) groups is 1. The number of sulfonamides is 1. The number of benzene rings is 1. The molecule has 1 rings (SSSR count). The molecule has 0 spiro atoms. The first-order valence-electron chi connectivity index (χ1n) is 6.41. The van der Waals surface area contributed by atoms with Crippen LogP contribution in [0.4, 0.5) is 11.4 Å². The maximum absolute atomic E-state index is 12.2. The highest BCUT2D eigenvalue weighted by molar-refractivity contribution is 7.92. The molecular formula is C14H22N2O3S. The predicted molar refractivity (Wildman–Crippen MR) is 82.2 cm³/mol. The summed E-state index contributed by atoms with van der Waals surface area (Å²) in [5.41, 5.74) is 0.639. The molecule has 2 N–H and O–H groups in total. The molecule has 0 unspecified atom stereocenters. The molecule has 0 fully saturated rings. The maximum Gasteiger partial charge on any atom is 0.230 e. The summed E-state index contributed by atoms with van der Waals surface area (Å²) >= 11 is 0. The molecule has 0 aliphatic heterocycles. The average molecular weight is 298 g/mol. The van der Waals surface area contributed by atoms with Gasteiger partial charge in [0.05, 0.1) is 6.26 Å². The van der Waals surface area contributed by atoms with Gasteiger partial charge < -0.3 is 5.32 Å². The zero-order valence-corrected chi connectivity index (χ0v) is 13.3. The van der Waals surface area contributed by atoms with Crippen LogP contribution in [0.5, 0.6) is 0 Å². The molecule has 6 heteroatoms. The van der Waals surface area contributed by atoms with Gasteiger partial charge in [-0.05, 0) is 30.2 Å². The Kier molecular flexibility index (Phi) is 4.81. The van der Waals surface area contributed by atoms with E-state index in [0.717, 1.165) is 6.26 Å². The van der Waals surface area contributed by atoms with E-state index < -0.39 is 15.4 Å². The van der Waals surface area contributed by atoms with Gasteiger partial charge in [-0.3, -0.25) is 9.52 Å². The van der Waals surface area contributed by atoms with Gasteiger partial charge in [0.2, 0.25) is 15.9 Å². The Morgan fingerprint density at radius 3 is 1.95 bits per heavy atom. The van der Waals surface area contributed by atoms with Crippen molar-refractivity contribution in [3.05, 3.63) is 24.3 Å². The number of anilines is 2. The third-order valence-electron chi connectivity index (χ3n) is 3.47. The molecule has 0 aliphatic carbocycles. The van der Waals surface area contributed by atoms with Gasteiger partial charge in [0.15, 0.2) is 0 Å². The second-order valence-electron chi connectivity index (χ2n) is 5.78. The lowest BCUT2D eigenvalue weighted by Gasteiger charge is -2.27. The Hall–Kier alpha value is -1.56. The van der Waals surface area contributed by atoms with Crippen LogP contribution >= 0.6 is 0 Å².